The lowest BCUT2D eigenvalue weighted by atomic mass is 10.2. The summed E-state index contributed by atoms with van der Waals surface area (Å²) in [6, 6.07) is 3.93. The van der Waals surface area contributed by atoms with Crippen LogP contribution in [0.2, 0.25) is 0 Å². The predicted molar refractivity (Wildman–Crippen MR) is 113 cm³/mol. The van der Waals surface area contributed by atoms with Crippen LogP contribution in [0.3, 0.4) is 0 Å². The van der Waals surface area contributed by atoms with E-state index in [9.17, 15) is 4.79 Å². The van der Waals surface area contributed by atoms with Crippen molar-refractivity contribution in [1.82, 2.24) is 15.0 Å². The van der Waals surface area contributed by atoms with E-state index in [4.69, 9.17) is 4.98 Å². The van der Waals surface area contributed by atoms with Gasteiger partial charge in [0.05, 0.1) is 11.9 Å². The van der Waals surface area contributed by atoms with E-state index in [0.29, 0.717) is 5.82 Å². The van der Waals surface area contributed by atoms with Crippen LogP contribution in [0.4, 0.5) is 17.3 Å². The molecular formula is C20H26N6OS. The van der Waals surface area contributed by atoms with E-state index in [1.165, 1.54) is 0 Å². The topological polar surface area (TPSA) is 74.2 Å². The molecule has 28 heavy (non-hydrogen) atoms. The maximum absolute atomic E-state index is 11.9. The van der Waals surface area contributed by atoms with Gasteiger partial charge >= 0.3 is 0 Å². The zero-order valence-electron chi connectivity index (χ0n) is 16.6. The van der Waals surface area contributed by atoms with Crippen molar-refractivity contribution in [2.24, 2.45) is 5.92 Å². The first-order chi connectivity index (χ1) is 13.5. The third-order valence-corrected chi connectivity index (χ3v) is 5.96. The largest absolute Gasteiger partial charge is 0.367 e. The fourth-order valence-electron chi connectivity index (χ4n) is 3.39. The lowest BCUT2D eigenvalue weighted by Crippen LogP contribution is -2.47. The Morgan fingerprint density at radius 1 is 1.11 bits per heavy atom. The van der Waals surface area contributed by atoms with Gasteiger partial charge in [-0.1, -0.05) is 11.8 Å². The second kappa shape index (κ2) is 7.95. The Hall–Kier alpha value is -2.35. The standard InChI is InChI=1S/C20H26N6OS/c1-13-14(2)22-20(28-3)24-18(13)26-10-8-25(9-11-26)16-6-7-17(21-12-16)23-19(27)15-4-5-15/h6-7,12,15H,4-5,8-11H2,1-3H3,(H,21,23,27). The summed E-state index contributed by atoms with van der Waals surface area (Å²) in [7, 11) is 0. The number of thioether (sulfide) groups is 1. The van der Waals surface area contributed by atoms with Crippen LogP contribution < -0.4 is 15.1 Å². The van der Waals surface area contributed by atoms with Gasteiger partial charge < -0.3 is 15.1 Å². The van der Waals surface area contributed by atoms with E-state index in [2.05, 4.69) is 32.0 Å². The average molecular weight is 399 g/mol. The molecule has 8 heteroatoms. The Bertz CT molecular complexity index is 860. The van der Waals surface area contributed by atoms with E-state index in [-0.39, 0.29) is 11.8 Å². The number of hydrogen-bond acceptors (Lipinski definition) is 7. The minimum absolute atomic E-state index is 0.0917. The molecule has 0 radical (unpaired) electrons. The Labute approximate surface area is 170 Å². The van der Waals surface area contributed by atoms with Crippen LogP contribution >= 0.6 is 11.8 Å². The summed E-state index contributed by atoms with van der Waals surface area (Å²) < 4.78 is 0. The van der Waals surface area contributed by atoms with Gasteiger partial charge in [0, 0.05) is 43.4 Å². The number of nitrogens with zero attached hydrogens (tertiary/aromatic N) is 5. The third kappa shape index (κ3) is 4.06. The van der Waals surface area contributed by atoms with Crippen molar-refractivity contribution in [3.63, 3.8) is 0 Å². The molecule has 0 aromatic carbocycles. The molecule has 2 aromatic heterocycles. The van der Waals surface area contributed by atoms with Crippen LogP contribution in [0, 0.1) is 19.8 Å². The van der Waals surface area contributed by atoms with E-state index in [1.807, 2.05) is 31.5 Å². The SMILES string of the molecule is CSc1nc(C)c(C)c(N2CCN(c3ccc(NC(=O)C4CC4)nc3)CC2)n1. The summed E-state index contributed by atoms with van der Waals surface area (Å²) in [6.07, 6.45) is 5.86. The van der Waals surface area contributed by atoms with Crippen LogP contribution in [0.15, 0.2) is 23.5 Å². The quantitative estimate of drug-likeness (QED) is 0.613. The van der Waals surface area contributed by atoms with E-state index in [1.54, 1.807) is 11.8 Å². The Kier molecular flexibility index (Phi) is 5.39. The predicted octanol–water partition coefficient (Wildman–Crippen LogP) is 2.89. The van der Waals surface area contributed by atoms with Gasteiger partial charge in [-0.15, -0.1) is 0 Å². The summed E-state index contributed by atoms with van der Waals surface area (Å²) in [5.74, 6) is 1.97. The number of carbonyl (C=O) groups is 1. The number of anilines is 3. The van der Waals surface area contributed by atoms with Crippen molar-refractivity contribution in [1.29, 1.82) is 0 Å². The van der Waals surface area contributed by atoms with Gasteiger partial charge in [0.1, 0.15) is 11.6 Å². The first kappa shape index (κ1) is 19.0. The number of hydrogen-bond donors (Lipinski definition) is 1. The van der Waals surface area contributed by atoms with E-state index in [0.717, 1.165) is 66.9 Å². The van der Waals surface area contributed by atoms with Crippen molar-refractivity contribution < 1.29 is 4.79 Å². The molecule has 2 aliphatic rings. The zero-order valence-corrected chi connectivity index (χ0v) is 17.4. The molecule has 0 unspecified atom stereocenters. The van der Waals surface area contributed by atoms with Gasteiger partial charge in [0.2, 0.25) is 5.91 Å². The number of amides is 1. The van der Waals surface area contributed by atoms with Gasteiger partial charge in [-0.05, 0) is 45.1 Å². The second-order valence-electron chi connectivity index (χ2n) is 7.38. The molecule has 1 aliphatic heterocycles. The molecule has 2 fully saturated rings. The highest BCUT2D eigenvalue weighted by atomic mass is 32.2. The van der Waals surface area contributed by atoms with Gasteiger partial charge in [0.25, 0.3) is 0 Å². The van der Waals surface area contributed by atoms with Crippen LogP contribution in [0.1, 0.15) is 24.1 Å². The Balaban J connectivity index is 1.39. The van der Waals surface area contributed by atoms with Crippen LogP contribution in [-0.4, -0.2) is 53.3 Å². The molecule has 148 valence electrons. The van der Waals surface area contributed by atoms with Gasteiger partial charge in [-0.25, -0.2) is 15.0 Å². The number of carbonyl (C=O) groups excluding carboxylic acids is 1. The van der Waals surface area contributed by atoms with Crippen molar-refractivity contribution in [2.45, 2.75) is 31.8 Å². The van der Waals surface area contributed by atoms with Gasteiger partial charge in [0.15, 0.2) is 5.16 Å². The highest BCUT2D eigenvalue weighted by molar-refractivity contribution is 7.98. The van der Waals surface area contributed by atoms with Gasteiger partial charge in [-0.3, -0.25) is 4.79 Å². The van der Waals surface area contributed by atoms with Crippen LogP contribution in [0.5, 0.6) is 0 Å². The average Bonchev–Trinajstić information content (AvgIpc) is 3.56. The molecule has 1 saturated heterocycles. The summed E-state index contributed by atoms with van der Waals surface area (Å²) in [4.78, 5) is 30.2. The Morgan fingerprint density at radius 2 is 1.82 bits per heavy atom. The van der Waals surface area contributed by atoms with E-state index < -0.39 is 0 Å². The molecular weight excluding hydrogens is 372 g/mol. The number of aromatic nitrogens is 3. The van der Waals surface area contributed by atoms with Crippen LogP contribution in [-0.2, 0) is 4.79 Å². The fraction of sp³-hybridized carbons (Fsp3) is 0.500. The molecule has 0 spiro atoms. The lowest BCUT2D eigenvalue weighted by Gasteiger charge is -2.37. The number of piperazine rings is 1. The van der Waals surface area contributed by atoms with Crippen molar-refractivity contribution in [3.05, 3.63) is 29.6 Å². The molecule has 3 heterocycles. The first-order valence-corrected chi connectivity index (χ1v) is 10.9. The zero-order chi connectivity index (χ0) is 19.7. The smallest absolute Gasteiger partial charge is 0.228 e. The molecule has 0 atom stereocenters. The highest BCUT2D eigenvalue weighted by Crippen LogP contribution is 2.30. The normalized spacial score (nSPS) is 17.0. The first-order valence-electron chi connectivity index (χ1n) is 9.71. The maximum atomic E-state index is 11.9. The number of nitrogens with one attached hydrogen (secondary N) is 1. The molecule has 4 rings (SSSR count). The summed E-state index contributed by atoms with van der Waals surface area (Å²) >= 11 is 1.58. The number of aryl methyl sites for hydroxylation is 1. The molecule has 1 amide bonds. The number of rotatable bonds is 5. The lowest BCUT2D eigenvalue weighted by molar-refractivity contribution is -0.117. The minimum Gasteiger partial charge on any atom is -0.367 e. The fourth-order valence-corrected chi connectivity index (χ4v) is 3.79. The van der Waals surface area contributed by atoms with E-state index >= 15 is 0 Å². The molecule has 1 saturated carbocycles. The Morgan fingerprint density at radius 3 is 2.43 bits per heavy atom. The molecule has 0 bridgehead atoms. The van der Waals surface area contributed by atoms with Crippen molar-refractivity contribution in [2.75, 3.05) is 47.6 Å². The van der Waals surface area contributed by atoms with Crippen LogP contribution in [0.25, 0.3) is 0 Å². The monoisotopic (exact) mass is 398 g/mol. The van der Waals surface area contributed by atoms with Crippen molar-refractivity contribution in [3.8, 4) is 0 Å². The van der Waals surface area contributed by atoms with Gasteiger partial charge in [-0.2, -0.15) is 0 Å². The summed E-state index contributed by atoms with van der Waals surface area (Å²) in [5.41, 5.74) is 3.29. The summed E-state index contributed by atoms with van der Waals surface area (Å²) in [6.45, 7) is 7.78. The highest BCUT2D eigenvalue weighted by Gasteiger charge is 2.29. The summed E-state index contributed by atoms with van der Waals surface area (Å²) in [5, 5.41) is 3.72. The second-order valence-corrected chi connectivity index (χ2v) is 8.16. The van der Waals surface area contributed by atoms with Crippen molar-refractivity contribution >= 4 is 35.0 Å². The maximum Gasteiger partial charge on any atom is 0.228 e. The third-order valence-electron chi connectivity index (χ3n) is 5.42. The molecule has 1 aliphatic carbocycles. The minimum atomic E-state index is 0.0917. The molecule has 2 aromatic rings. The molecule has 7 nitrogen and oxygen atoms in total. The molecule has 1 N–H and O–H groups in total. The number of pyridine rings is 1.